The van der Waals surface area contributed by atoms with Gasteiger partial charge in [0.1, 0.15) is 28.9 Å². The molecule has 0 bridgehead atoms. The normalized spacial score (nSPS) is 14.9. The Bertz CT molecular complexity index is 986. The molecule has 1 N–H and O–H groups in total. The summed E-state index contributed by atoms with van der Waals surface area (Å²) in [6.45, 7) is 3.74. The smallest absolute Gasteiger partial charge is 0.188 e. The number of hydrogen-bond acceptors (Lipinski definition) is 9. The van der Waals surface area contributed by atoms with Crippen molar-refractivity contribution in [2.75, 3.05) is 41.7 Å². The minimum Gasteiger partial charge on any atom is -0.507 e. The first kappa shape index (κ1) is 24.4. The predicted molar refractivity (Wildman–Crippen MR) is 118 cm³/mol. The maximum absolute atomic E-state index is 13.0. The average Bonchev–Trinajstić information content (AvgIpc) is 2.81. The van der Waals surface area contributed by atoms with Crippen molar-refractivity contribution >= 4 is 5.78 Å². The first-order valence-corrected chi connectivity index (χ1v) is 10.2. The SMILES string of the molecule is C=CCc1c(OCOC)cc2c(c1O)C(=O)CC(c1ccc(OCOC)c(OCOC)c1)O2. The van der Waals surface area contributed by atoms with Crippen LogP contribution in [0.4, 0.5) is 0 Å². The van der Waals surface area contributed by atoms with Crippen LogP contribution in [-0.2, 0) is 20.6 Å². The van der Waals surface area contributed by atoms with Gasteiger partial charge in [-0.25, -0.2) is 0 Å². The van der Waals surface area contributed by atoms with E-state index in [1.54, 1.807) is 30.3 Å². The summed E-state index contributed by atoms with van der Waals surface area (Å²) in [6.07, 6.45) is 1.37. The van der Waals surface area contributed by atoms with Crippen molar-refractivity contribution in [1.29, 1.82) is 0 Å². The third-order valence-corrected chi connectivity index (χ3v) is 4.93. The standard InChI is InChI=1S/C24H28O9/c1-5-6-16-20(31-13-28-3)11-22-23(24(16)26)17(25)10-19(33-22)15-7-8-18(30-12-27-2)21(9-15)32-14-29-4/h5,7-9,11,19,26H,1,6,10,12-14H2,2-4H3. The number of benzene rings is 2. The zero-order valence-corrected chi connectivity index (χ0v) is 18.9. The molecular weight excluding hydrogens is 432 g/mol. The molecule has 9 nitrogen and oxygen atoms in total. The molecule has 0 spiro atoms. The summed E-state index contributed by atoms with van der Waals surface area (Å²) in [7, 11) is 4.52. The largest absolute Gasteiger partial charge is 0.507 e. The van der Waals surface area contributed by atoms with Crippen LogP contribution in [0.5, 0.6) is 28.7 Å². The van der Waals surface area contributed by atoms with Crippen LogP contribution in [-0.4, -0.2) is 52.6 Å². The molecule has 3 rings (SSSR count). The van der Waals surface area contributed by atoms with Gasteiger partial charge in [-0.15, -0.1) is 6.58 Å². The van der Waals surface area contributed by atoms with E-state index in [9.17, 15) is 9.90 Å². The zero-order valence-electron chi connectivity index (χ0n) is 18.9. The number of ether oxygens (including phenoxy) is 7. The molecule has 1 heterocycles. The minimum atomic E-state index is -0.605. The van der Waals surface area contributed by atoms with Crippen molar-refractivity contribution in [3.8, 4) is 28.7 Å². The number of fused-ring (bicyclic) bond motifs is 1. The number of Topliss-reactive ketones (excluding diaryl/α,β-unsaturated/α-hetero) is 1. The highest BCUT2D eigenvalue weighted by Crippen LogP contribution is 2.46. The van der Waals surface area contributed by atoms with Crippen LogP contribution in [0.1, 0.15) is 34.0 Å². The summed E-state index contributed by atoms with van der Waals surface area (Å²) >= 11 is 0. The van der Waals surface area contributed by atoms with E-state index >= 15 is 0 Å². The number of hydrogen-bond donors (Lipinski definition) is 1. The van der Waals surface area contributed by atoms with E-state index in [0.717, 1.165) is 0 Å². The lowest BCUT2D eigenvalue weighted by Crippen LogP contribution is -2.21. The molecule has 1 atom stereocenters. The number of phenols is 1. The number of carbonyl (C=O) groups excluding carboxylic acids is 1. The van der Waals surface area contributed by atoms with Crippen LogP contribution in [0.3, 0.4) is 0 Å². The second-order valence-electron chi connectivity index (χ2n) is 7.16. The molecule has 178 valence electrons. The fourth-order valence-electron chi connectivity index (χ4n) is 3.47. The van der Waals surface area contributed by atoms with Crippen LogP contribution >= 0.6 is 0 Å². The summed E-state index contributed by atoms with van der Waals surface area (Å²) in [5, 5.41) is 10.8. The minimum absolute atomic E-state index is 0.0141. The summed E-state index contributed by atoms with van der Waals surface area (Å²) in [6, 6.07) is 6.80. The first-order valence-electron chi connectivity index (χ1n) is 10.2. The van der Waals surface area contributed by atoms with Crippen molar-refractivity contribution < 1.29 is 43.1 Å². The lowest BCUT2D eigenvalue weighted by atomic mass is 9.93. The van der Waals surface area contributed by atoms with E-state index in [2.05, 4.69) is 6.58 Å². The number of methoxy groups -OCH3 is 3. The first-order chi connectivity index (χ1) is 16.0. The van der Waals surface area contributed by atoms with Crippen molar-refractivity contribution in [2.24, 2.45) is 0 Å². The third kappa shape index (κ3) is 5.57. The summed E-state index contributed by atoms with van der Waals surface area (Å²) < 4.78 is 37.8. The molecule has 1 aliphatic heterocycles. The lowest BCUT2D eigenvalue weighted by molar-refractivity contribution is 0.0320. The molecular formula is C24H28O9. The number of aromatic hydroxyl groups is 1. The Balaban J connectivity index is 1.95. The van der Waals surface area contributed by atoms with Gasteiger partial charge in [-0.2, -0.15) is 0 Å². The van der Waals surface area contributed by atoms with Gasteiger partial charge in [-0.1, -0.05) is 12.1 Å². The molecule has 1 aliphatic rings. The van der Waals surface area contributed by atoms with E-state index < -0.39 is 6.10 Å². The molecule has 0 saturated carbocycles. The van der Waals surface area contributed by atoms with Crippen LogP contribution in [0.25, 0.3) is 0 Å². The van der Waals surface area contributed by atoms with E-state index in [0.29, 0.717) is 34.8 Å². The van der Waals surface area contributed by atoms with E-state index in [1.807, 2.05) is 0 Å². The highest BCUT2D eigenvalue weighted by atomic mass is 16.7. The zero-order chi connectivity index (χ0) is 23.8. The lowest BCUT2D eigenvalue weighted by Gasteiger charge is -2.28. The number of rotatable bonds is 12. The van der Waals surface area contributed by atoms with Crippen molar-refractivity contribution in [2.45, 2.75) is 18.9 Å². The molecule has 9 heteroatoms. The summed E-state index contributed by atoms with van der Waals surface area (Å²) in [4.78, 5) is 13.0. The monoisotopic (exact) mass is 460 g/mol. The van der Waals surface area contributed by atoms with Crippen molar-refractivity contribution in [1.82, 2.24) is 0 Å². The third-order valence-electron chi connectivity index (χ3n) is 4.93. The fourth-order valence-corrected chi connectivity index (χ4v) is 3.47. The molecule has 0 fully saturated rings. The van der Waals surface area contributed by atoms with Gasteiger partial charge in [0, 0.05) is 33.0 Å². The molecule has 0 radical (unpaired) electrons. The molecule has 0 aromatic heterocycles. The Morgan fingerprint density at radius 1 is 1.00 bits per heavy atom. The Morgan fingerprint density at radius 2 is 1.64 bits per heavy atom. The molecule has 2 aromatic carbocycles. The van der Waals surface area contributed by atoms with Gasteiger partial charge in [0.2, 0.25) is 0 Å². The second kappa shape index (κ2) is 11.6. The van der Waals surface area contributed by atoms with Crippen LogP contribution in [0.2, 0.25) is 0 Å². The van der Waals surface area contributed by atoms with Gasteiger partial charge >= 0.3 is 0 Å². The molecule has 0 aliphatic carbocycles. The van der Waals surface area contributed by atoms with Gasteiger partial charge in [-0.05, 0) is 24.1 Å². The number of phenolic OH excluding ortho intramolecular Hbond substituents is 1. The summed E-state index contributed by atoms with van der Waals surface area (Å²) in [5.74, 6) is 1.04. The Kier molecular flexibility index (Phi) is 8.53. The molecule has 0 amide bonds. The van der Waals surface area contributed by atoms with Gasteiger partial charge in [-0.3, -0.25) is 4.79 Å². The van der Waals surface area contributed by atoms with E-state index in [1.165, 1.54) is 21.3 Å². The highest BCUT2D eigenvalue weighted by Gasteiger charge is 2.33. The topological polar surface area (TPSA) is 102 Å². The van der Waals surface area contributed by atoms with Crippen LogP contribution < -0.4 is 18.9 Å². The van der Waals surface area contributed by atoms with Crippen LogP contribution in [0, 0.1) is 0 Å². The van der Waals surface area contributed by atoms with Gasteiger partial charge in [0.15, 0.2) is 37.7 Å². The molecule has 2 aromatic rings. The number of allylic oxidation sites excluding steroid dienone is 1. The van der Waals surface area contributed by atoms with E-state index in [4.69, 9.17) is 33.2 Å². The van der Waals surface area contributed by atoms with Crippen molar-refractivity contribution in [3.63, 3.8) is 0 Å². The maximum Gasteiger partial charge on any atom is 0.188 e. The fraction of sp³-hybridized carbons (Fsp3) is 0.375. The average molecular weight is 460 g/mol. The molecule has 1 unspecified atom stereocenters. The summed E-state index contributed by atoms with van der Waals surface area (Å²) in [5.41, 5.74) is 1.27. The van der Waals surface area contributed by atoms with Gasteiger partial charge < -0.3 is 38.3 Å². The van der Waals surface area contributed by atoms with Crippen LogP contribution in [0.15, 0.2) is 36.9 Å². The maximum atomic E-state index is 13.0. The quantitative estimate of drug-likeness (QED) is 0.374. The van der Waals surface area contributed by atoms with E-state index in [-0.39, 0.29) is 49.6 Å². The predicted octanol–water partition coefficient (Wildman–Crippen LogP) is 3.78. The van der Waals surface area contributed by atoms with Gasteiger partial charge in [0.25, 0.3) is 0 Å². The highest BCUT2D eigenvalue weighted by molar-refractivity contribution is 6.03. The molecule has 0 saturated heterocycles. The Hall–Kier alpha value is -3.27. The Labute approximate surface area is 192 Å². The van der Waals surface area contributed by atoms with Gasteiger partial charge in [0.05, 0.1) is 6.42 Å². The number of ketones is 1. The second-order valence-corrected chi connectivity index (χ2v) is 7.16. The Morgan fingerprint density at radius 3 is 2.27 bits per heavy atom. The van der Waals surface area contributed by atoms with Crippen molar-refractivity contribution in [3.05, 3.63) is 53.6 Å². The molecule has 33 heavy (non-hydrogen) atoms. The number of carbonyl (C=O) groups is 1.